The van der Waals surface area contributed by atoms with Gasteiger partial charge in [-0.3, -0.25) is 0 Å². The Bertz CT molecular complexity index is 692. The summed E-state index contributed by atoms with van der Waals surface area (Å²) in [6.07, 6.45) is 3.58. The third kappa shape index (κ3) is 2.06. The number of hydrogen-bond acceptors (Lipinski definition) is 6. The minimum atomic E-state index is 0.211. The summed E-state index contributed by atoms with van der Waals surface area (Å²) in [4.78, 5) is 4.36. The molecule has 0 bridgehead atoms. The molecule has 2 aliphatic rings. The van der Waals surface area contributed by atoms with Gasteiger partial charge in [-0.1, -0.05) is 16.8 Å². The van der Waals surface area contributed by atoms with Crippen molar-refractivity contribution in [2.75, 3.05) is 13.2 Å². The topological polar surface area (TPSA) is 83.4 Å². The zero-order valence-electron chi connectivity index (χ0n) is 12.0. The van der Waals surface area contributed by atoms with Crippen molar-refractivity contribution in [3.63, 3.8) is 0 Å². The SMILES string of the molecule is NCc1nc(-c2c3c(c(Cl)c4c2OCCC4)OCCC3)no1. The van der Waals surface area contributed by atoms with Gasteiger partial charge in [0.1, 0.15) is 11.5 Å². The Morgan fingerprint density at radius 3 is 2.50 bits per heavy atom. The molecule has 2 aromatic rings. The molecule has 0 radical (unpaired) electrons. The predicted molar refractivity (Wildman–Crippen MR) is 80.3 cm³/mol. The van der Waals surface area contributed by atoms with Crippen LogP contribution in [0.3, 0.4) is 0 Å². The van der Waals surface area contributed by atoms with Gasteiger partial charge in [0, 0.05) is 11.1 Å². The minimum absolute atomic E-state index is 0.211. The average molecular weight is 322 g/mol. The van der Waals surface area contributed by atoms with Crippen LogP contribution in [-0.2, 0) is 19.4 Å². The highest BCUT2D eigenvalue weighted by atomic mass is 35.5. The van der Waals surface area contributed by atoms with Gasteiger partial charge in [0.05, 0.1) is 30.3 Å². The molecule has 0 saturated carbocycles. The molecule has 1 aromatic heterocycles. The monoisotopic (exact) mass is 321 g/mol. The van der Waals surface area contributed by atoms with E-state index in [2.05, 4.69) is 10.1 Å². The van der Waals surface area contributed by atoms with Gasteiger partial charge in [-0.15, -0.1) is 0 Å². The standard InChI is InChI=1S/C15H16ClN3O3/c16-12-9-4-2-5-20-13(9)11(8-3-1-6-21-14(8)12)15-18-10(7-17)22-19-15/h1-7,17H2. The molecule has 0 amide bonds. The maximum absolute atomic E-state index is 6.55. The van der Waals surface area contributed by atoms with E-state index < -0.39 is 0 Å². The first-order valence-corrected chi connectivity index (χ1v) is 7.83. The van der Waals surface area contributed by atoms with Crippen LogP contribution in [0.5, 0.6) is 11.5 Å². The van der Waals surface area contributed by atoms with Gasteiger partial charge in [-0.05, 0) is 25.7 Å². The molecule has 6 nitrogen and oxygen atoms in total. The van der Waals surface area contributed by atoms with Gasteiger partial charge >= 0.3 is 0 Å². The first-order chi connectivity index (χ1) is 10.8. The molecule has 22 heavy (non-hydrogen) atoms. The van der Waals surface area contributed by atoms with Crippen molar-refractivity contribution in [2.24, 2.45) is 5.73 Å². The number of nitrogens with two attached hydrogens (primary N) is 1. The first kappa shape index (κ1) is 13.8. The number of halogens is 1. The zero-order valence-corrected chi connectivity index (χ0v) is 12.8. The van der Waals surface area contributed by atoms with E-state index in [1.54, 1.807) is 0 Å². The molecule has 0 saturated heterocycles. The molecule has 4 rings (SSSR count). The fourth-order valence-electron chi connectivity index (χ4n) is 3.06. The molecule has 0 atom stereocenters. The van der Waals surface area contributed by atoms with Crippen molar-refractivity contribution in [1.82, 2.24) is 10.1 Å². The van der Waals surface area contributed by atoms with Gasteiger partial charge in [-0.25, -0.2) is 0 Å². The molecule has 2 N–H and O–H groups in total. The van der Waals surface area contributed by atoms with Crippen LogP contribution in [-0.4, -0.2) is 23.4 Å². The number of nitrogens with zero attached hydrogens (tertiary/aromatic N) is 2. The number of hydrogen-bond donors (Lipinski definition) is 1. The highest BCUT2D eigenvalue weighted by Crippen LogP contribution is 2.49. The molecule has 0 spiro atoms. The summed E-state index contributed by atoms with van der Waals surface area (Å²) in [6, 6.07) is 0. The molecule has 0 fully saturated rings. The van der Waals surface area contributed by atoms with Gasteiger partial charge < -0.3 is 19.7 Å². The lowest BCUT2D eigenvalue weighted by molar-refractivity contribution is 0.274. The van der Waals surface area contributed by atoms with Crippen LogP contribution in [0.4, 0.5) is 0 Å². The van der Waals surface area contributed by atoms with Crippen molar-refractivity contribution in [3.05, 3.63) is 22.0 Å². The molecule has 0 aliphatic carbocycles. The van der Waals surface area contributed by atoms with E-state index in [1.165, 1.54) is 0 Å². The van der Waals surface area contributed by atoms with E-state index in [9.17, 15) is 0 Å². The van der Waals surface area contributed by atoms with Crippen molar-refractivity contribution < 1.29 is 14.0 Å². The maximum atomic E-state index is 6.55. The Morgan fingerprint density at radius 2 is 1.77 bits per heavy atom. The fraction of sp³-hybridized carbons (Fsp3) is 0.467. The van der Waals surface area contributed by atoms with Crippen LogP contribution in [0.25, 0.3) is 11.4 Å². The molecule has 3 heterocycles. The molecule has 116 valence electrons. The Hall–Kier alpha value is -1.79. The van der Waals surface area contributed by atoms with Gasteiger partial charge in [0.15, 0.2) is 0 Å². The number of benzene rings is 1. The molecular formula is C15H16ClN3O3. The first-order valence-electron chi connectivity index (χ1n) is 7.45. The van der Waals surface area contributed by atoms with Crippen LogP contribution in [0.15, 0.2) is 4.52 Å². The predicted octanol–water partition coefficient (Wildman–Crippen LogP) is 2.50. The average Bonchev–Trinajstić information content (AvgIpc) is 3.04. The second-order valence-electron chi connectivity index (χ2n) is 5.42. The smallest absolute Gasteiger partial charge is 0.240 e. The third-order valence-corrected chi connectivity index (χ3v) is 4.44. The van der Waals surface area contributed by atoms with Crippen LogP contribution in [0.1, 0.15) is 29.9 Å². The van der Waals surface area contributed by atoms with E-state index in [4.69, 9.17) is 31.3 Å². The van der Waals surface area contributed by atoms with Gasteiger partial charge in [-0.2, -0.15) is 4.98 Å². The van der Waals surface area contributed by atoms with Gasteiger partial charge in [0.2, 0.25) is 11.7 Å². The van der Waals surface area contributed by atoms with Crippen molar-refractivity contribution >= 4 is 11.6 Å². The summed E-state index contributed by atoms with van der Waals surface area (Å²) in [5.74, 6) is 2.41. The Morgan fingerprint density at radius 1 is 1.05 bits per heavy atom. The van der Waals surface area contributed by atoms with Crippen molar-refractivity contribution in [3.8, 4) is 22.9 Å². The van der Waals surface area contributed by atoms with Crippen LogP contribution >= 0.6 is 11.6 Å². The van der Waals surface area contributed by atoms with E-state index in [-0.39, 0.29) is 6.54 Å². The van der Waals surface area contributed by atoms with Crippen LogP contribution < -0.4 is 15.2 Å². The lowest BCUT2D eigenvalue weighted by Crippen LogP contribution is -2.16. The number of ether oxygens (including phenoxy) is 2. The minimum Gasteiger partial charge on any atom is -0.492 e. The lowest BCUT2D eigenvalue weighted by atomic mass is 9.92. The highest BCUT2D eigenvalue weighted by molar-refractivity contribution is 6.33. The van der Waals surface area contributed by atoms with Crippen LogP contribution in [0, 0.1) is 0 Å². The third-order valence-electron chi connectivity index (χ3n) is 4.04. The maximum Gasteiger partial charge on any atom is 0.240 e. The summed E-state index contributed by atoms with van der Waals surface area (Å²) in [5.41, 5.74) is 8.39. The summed E-state index contributed by atoms with van der Waals surface area (Å²) in [5, 5.41) is 4.72. The normalized spacial score (nSPS) is 16.5. The van der Waals surface area contributed by atoms with E-state index in [1.807, 2.05) is 0 Å². The molecule has 0 unspecified atom stereocenters. The lowest BCUT2D eigenvalue weighted by Gasteiger charge is -2.27. The Labute approximate surface area is 132 Å². The Kier molecular flexibility index (Phi) is 3.43. The fourth-order valence-corrected chi connectivity index (χ4v) is 3.41. The van der Waals surface area contributed by atoms with Crippen molar-refractivity contribution in [1.29, 1.82) is 0 Å². The highest BCUT2D eigenvalue weighted by Gasteiger charge is 2.31. The summed E-state index contributed by atoms with van der Waals surface area (Å²) < 4.78 is 16.9. The van der Waals surface area contributed by atoms with E-state index >= 15 is 0 Å². The molecule has 1 aromatic carbocycles. The van der Waals surface area contributed by atoms with E-state index in [0.29, 0.717) is 30.0 Å². The number of fused-ring (bicyclic) bond motifs is 2. The van der Waals surface area contributed by atoms with Gasteiger partial charge in [0.25, 0.3) is 0 Å². The largest absolute Gasteiger partial charge is 0.492 e. The summed E-state index contributed by atoms with van der Waals surface area (Å²) >= 11 is 6.55. The number of rotatable bonds is 2. The summed E-state index contributed by atoms with van der Waals surface area (Å²) in [6.45, 7) is 1.55. The van der Waals surface area contributed by atoms with Crippen molar-refractivity contribution in [2.45, 2.75) is 32.2 Å². The number of aromatic nitrogens is 2. The second kappa shape index (κ2) is 5.44. The zero-order chi connectivity index (χ0) is 15.1. The van der Waals surface area contributed by atoms with Crippen LogP contribution in [0.2, 0.25) is 5.02 Å². The Balaban J connectivity index is 1.98. The second-order valence-corrected chi connectivity index (χ2v) is 5.80. The molecule has 2 aliphatic heterocycles. The molecule has 7 heteroatoms. The van der Waals surface area contributed by atoms with E-state index in [0.717, 1.165) is 53.9 Å². The summed E-state index contributed by atoms with van der Waals surface area (Å²) in [7, 11) is 0. The quantitative estimate of drug-likeness (QED) is 0.915. The molecular weight excluding hydrogens is 306 g/mol.